The Morgan fingerprint density at radius 1 is 1.62 bits per heavy atom. The molecule has 1 fully saturated rings. The number of hydrogen-bond acceptors (Lipinski definition) is 1. The summed E-state index contributed by atoms with van der Waals surface area (Å²) in [6.07, 6.45) is 0.528. The SMILES string of the molecule is COC1C[NH2+]C1C.[Cl-]. The number of nitrogens with two attached hydrogens (primary N) is 1. The highest BCUT2D eigenvalue weighted by Gasteiger charge is 2.30. The summed E-state index contributed by atoms with van der Waals surface area (Å²) < 4.78 is 5.07. The number of methoxy groups -OCH3 is 1. The first-order valence-electron chi connectivity index (χ1n) is 2.70. The van der Waals surface area contributed by atoms with E-state index in [2.05, 4.69) is 12.2 Å². The van der Waals surface area contributed by atoms with E-state index in [1.54, 1.807) is 7.11 Å². The summed E-state index contributed by atoms with van der Waals surface area (Å²) >= 11 is 0. The average Bonchev–Trinajstić information content (AvgIpc) is 1.65. The zero-order valence-corrected chi connectivity index (χ0v) is 5.98. The minimum absolute atomic E-state index is 0. The second-order valence-electron chi connectivity index (χ2n) is 2.10. The van der Waals surface area contributed by atoms with Crippen LogP contribution in [0.5, 0.6) is 0 Å². The van der Waals surface area contributed by atoms with E-state index >= 15 is 0 Å². The highest BCUT2D eigenvalue weighted by atomic mass is 35.5. The van der Waals surface area contributed by atoms with E-state index in [0.29, 0.717) is 12.1 Å². The zero-order chi connectivity index (χ0) is 5.28. The van der Waals surface area contributed by atoms with E-state index < -0.39 is 0 Å². The van der Waals surface area contributed by atoms with Gasteiger partial charge in [-0.3, -0.25) is 0 Å². The zero-order valence-electron chi connectivity index (χ0n) is 5.23. The molecular formula is C5H12ClNO. The molecule has 2 N–H and O–H groups in total. The molecule has 0 aromatic rings. The molecule has 8 heavy (non-hydrogen) atoms. The summed E-state index contributed by atoms with van der Waals surface area (Å²) in [4.78, 5) is 0. The van der Waals surface area contributed by atoms with Gasteiger partial charge in [0.05, 0.1) is 0 Å². The van der Waals surface area contributed by atoms with Gasteiger partial charge in [-0.05, 0) is 6.92 Å². The molecule has 2 atom stereocenters. The largest absolute Gasteiger partial charge is 1.00 e. The first-order valence-corrected chi connectivity index (χ1v) is 2.70. The molecule has 2 unspecified atom stereocenters. The molecule has 0 aromatic heterocycles. The predicted octanol–water partition coefficient (Wildman–Crippen LogP) is -4.03. The van der Waals surface area contributed by atoms with Crippen LogP contribution in [0, 0.1) is 0 Å². The van der Waals surface area contributed by atoms with Crippen molar-refractivity contribution in [3.63, 3.8) is 0 Å². The molecule has 1 heterocycles. The Kier molecular flexibility index (Phi) is 3.36. The minimum Gasteiger partial charge on any atom is -1.00 e. The first kappa shape index (κ1) is 8.21. The Morgan fingerprint density at radius 2 is 2.25 bits per heavy atom. The van der Waals surface area contributed by atoms with Crippen LogP contribution in [0.25, 0.3) is 0 Å². The van der Waals surface area contributed by atoms with Crippen LogP contribution in [0.2, 0.25) is 0 Å². The topological polar surface area (TPSA) is 25.8 Å². The molecule has 0 aliphatic carbocycles. The van der Waals surface area contributed by atoms with Crippen molar-refractivity contribution < 1.29 is 22.5 Å². The van der Waals surface area contributed by atoms with E-state index in [4.69, 9.17) is 4.74 Å². The summed E-state index contributed by atoms with van der Waals surface area (Å²) in [6.45, 7) is 3.33. The third-order valence-corrected chi connectivity index (χ3v) is 1.63. The molecule has 1 rings (SSSR count). The smallest absolute Gasteiger partial charge is 0.157 e. The van der Waals surface area contributed by atoms with E-state index in [-0.39, 0.29) is 12.4 Å². The molecule has 0 amide bonds. The number of quaternary nitrogens is 1. The van der Waals surface area contributed by atoms with Crippen LogP contribution >= 0.6 is 0 Å². The van der Waals surface area contributed by atoms with Crippen LogP contribution in [-0.2, 0) is 4.74 Å². The molecule has 1 saturated heterocycles. The first-order chi connectivity index (χ1) is 3.34. The van der Waals surface area contributed by atoms with E-state index in [1.165, 1.54) is 0 Å². The van der Waals surface area contributed by atoms with Gasteiger partial charge in [-0.1, -0.05) is 0 Å². The fourth-order valence-corrected chi connectivity index (χ4v) is 0.830. The average molecular weight is 138 g/mol. The van der Waals surface area contributed by atoms with Gasteiger partial charge < -0.3 is 22.5 Å². The number of rotatable bonds is 1. The maximum atomic E-state index is 5.07. The second kappa shape index (κ2) is 3.28. The third-order valence-electron chi connectivity index (χ3n) is 1.63. The van der Waals surface area contributed by atoms with Gasteiger partial charge >= 0.3 is 0 Å². The van der Waals surface area contributed by atoms with Crippen LogP contribution in [0.3, 0.4) is 0 Å². The van der Waals surface area contributed by atoms with Gasteiger partial charge in [0.15, 0.2) is 6.10 Å². The van der Waals surface area contributed by atoms with Crippen LogP contribution in [0.1, 0.15) is 6.92 Å². The molecule has 0 spiro atoms. The lowest BCUT2D eigenvalue weighted by Crippen LogP contribution is -3.03. The lowest BCUT2D eigenvalue weighted by molar-refractivity contribution is -0.758. The van der Waals surface area contributed by atoms with Crippen molar-refractivity contribution in [2.75, 3.05) is 13.7 Å². The maximum absolute atomic E-state index is 5.07. The summed E-state index contributed by atoms with van der Waals surface area (Å²) in [7, 11) is 1.77. The molecule has 3 heteroatoms. The van der Waals surface area contributed by atoms with Crippen molar-refractivity contribution in [2.45, 2.75) is 19.1 Å². The highest BCUT2D eigenvalue weighted by molar-refractivity contribution is 4.67. The van der Waals surface area contributed by atoms with Gasteiger partial charge in [-0.15, -0.1) is 0 Å². The molecule has 0 bridgehead atoms. The highest BCUT2D eigenvalue weighted by Crippen LogP contribution is 1.95. The van der Waals surface area contributed by atoms with Gasteiger partial charge in [-0.2, -0.15) is 0 Å². The predicted molar refractivity (Wildman–Crippen MR) is 27.1 cm³/mol. The van der Waals surface area contributed by atoms with Gasteiger partial charge in [-0.25, -0.2) is 0 Å². The Labute approximate surface area is 56.0 Å². The molecule has 0 radical (unpaired) electrons. The van der Waals surface area contributed by atoms with Crippen LogP contribution in [0.15, 0.2) is 0 Å². The summed E-state index contributed by atoms with van der Waals surface area (Å²) in [6, 6.07) is 0.699. The molecule has 0 saturated carbocycles. The maximum Gasteiger partial charge on any atom is 0.157 e. The number of halogens is 1. The van der Waals surface area contributed by atoms with Crippen molar-refractivity contribution in [2.24, 2.45) is 0 Å². The van der Waals surface area contributed by atoms with Crippen LogP contribution in [-0.4, -0.2) is 25.8 Å². The fraction of sp³-hybridized carbons (Fsp3) is 1.00. The van der Waals surface area contributed by atoms with Crippen molar-refractivity contribution in [3.05, 3.63) is 0 Å². The molecule has 2 nitrogen and oxygen atoms in total. The quantitative estimate of drug-likeness (QED) is 0.392. The molecular weight excluding hydrogens is 126 g/mol. The normalized spacial score (nSPS) is 35.2. The molecule has 0 aromatic carbocycles. The van der Waals surface area contributed by atoms with Gasteiger partial charge in [0.25, 0.3) is 0 Å². The molecule has 1 aliphatic heterocycles. The lowest BCUT2D eigenvalue weighted by Gasteiger charge is -2.29. The molecule has 1 aliphatic rings. The summed E-state index contributed by atoms with van der Waals surface area (Å²) in [5.74, 6) is 0. The van der Waals surface area contributed by atoms with Crippen LogP contribution < -0.4 is 17.7 Å². The number of hydrogen-bond donors (Lipinski definition) is 1. The lowest BCUT2D eigenvalue weighted by atomic mass is 10.1. The Hall–Kier alpha value is 0.210. The molecule has 50 valence electrons. The fourth-order valence-electron chi connectivity index (χ4n) is 0.830. The minimum atomic E-state index is 0. The van der Waals surface area contributed by atoms with E-state index in [9.17, 15) is 0 Å². The Balaban J connectivity index is 0.000000490. The summed E-state index contributed by atoms with van der Waals surface area (Å²) in [5, 5.41) is 2.27. The van der Waals surface area contributed by atoms with Crippen molar-refractivity contribution >= 4 is 0 Å². The van der Waals surface area contributed by atoms with Crippen molar-refractivity contribution in [1.82, 2.24) is 0 Å². The number of ether oxygens (including phenoxy) is 1. The second-order valence-corrected chi connectivity index (χ2v) is 2.10. The van der Waals surface area contributed by atoms with E-state index in [0.717, 1.165) is 6.54 Å². The Morgan fingerprint density at radius 3 is 2.25 bits per heavy atom. The third kappa shape index (κ3) is 1.34. The van der Waals surface area contributed by atoms with Gasteiger partial charge in [0, 0.05) is 7.11 Å². The monoisotopic (exact) mass is 137 g/mol. The van der Waals surface area contributed by atoms with Crippen molar-refractivity contribution in [3.8, 4) is 0 Å². The standard InChI is InChI=1S/C5H11NO.ClH/c1-4-5(7-2)3-6-4;/h4-6H,3H2,1-2H3;1H. The van der Waals surface area contributed by atoms with Gasteiger partial charge in [0.2, 0.25) is 0 Å². The van der Waals surface area contributed by atoms with Crippen LogP contribution in [0.4, 0.5) is 0 Å². The van der Waals surface area contributed by atoms with Crippen molar-refractivity contribution in [1.29, 1.82) is 0 Å². The summed E-state index contributed by atoms with van der Waals surface area (Å²) in [5.41, 5.74) is 0. The van der Waals surface area contributed by atoms with E-state index in [1.807, 2.05) is 0 Å². The Bertz CT molecular complexity index is 67.4. The van der Waals surface area contributed by atoms with Gasteiger partial charge in [0.1, 0.15) is 12.6 Å².